The number of benzene rings is 1. The molecule has 8 heteroatoms. The molecule has 1 aromatic carbocycles. The van der Waals surface area contributed by atoms with Gasteiger partial charge in [0.25, 0.3) is 0 Å². The molecular weight excluding hydrogens is 400 g/mol. The molecule has 1 aromatic heterocycles. The summed E-state index contributed by atoms with van der Waals surface area (Å²) in [5.74, 6) is 0.119. The summed E-state index contributed by atoms with van der Waals surface area (Å²) in [4.78, 5) is 20.0. The topological polar surface area (TPSA) is 111 Å². The van der Waals surface area contributed by atoms with E-state index < -0.39 is 24.3 Å². The highest BCUT2D eigenvalue weighted by atomic mass is 16.6. The predicted molar refractivity (Wildman–Crippen MR) is 114 cm³/mol. The lowest BCUT2D eigenvalue weighted by Crippen LogP contribution is -2.48. The Hall–Kier alpha value is -3.07. The van der Waals surface area contributed by atoms with E-state index in [1.807, 2.05) is 12.2 Å². The number of hydrogen-bond acceptors (Lipinski definition) is 8. The molecule has 1 aliphatic rings. The monoisotopic (exact) mass is 426 g/mol. The number of hydrogen-bond donors (Lipinski definition) is 2. The maximum absolute atomic E-state index is 12.2. The summed E-state index contributed by atoms with van der Waals surface area (Å²) >= 11 is 0. The number of aromatic nitrogens is 2. The molecule has 1 aliphatic carbocycles. The molecular formula is C23H26N2O6. The van der Waals surface area contributed by atoms with Crippen LogP contribution in [0.4, 0.5) is 0 Å². The Morgan fingerprint density at radius 3 is 2.55 bits per heavy atom. The highest BCUT2D eigenvalue weighted by molar-refractivity contribution is 5.87. The van der Waals surface area contributed by atoms with E-state index in [9.17, 15) is 15.0 Å². The van der Waals surface area contributed by atoms with Gasteiger partial charge in [0.15, 0.2) is 0 Å². The number of aliphatic hydroxyl groups excluding tert-OH is 2. The number of methoxy groups -OCH3 is 1. The van der Waals surface area contributed by atoms with Gasteiger partial charge in [0, 0.05) is 36.9 Å². The van der Waals surface area contributed by atoms with Crippen molar-refractivity contribution in [3.63, 3.8) is 0 Å². The molecule has 3 rings (SSSR count). The van der Waals surface area contributed by atoms with Crippen LogP contribution in [-0.4, -0.2) is 64.3 Å². The molecule has 164 valence electrons. The van der Waals surface area contributed by atoms with Gasteiger partial charge < -0.3 is 24.4 Å². The second-order valence-electron chi connectivity index (χ2n) is 7.14. The fourth-order valence-corrected chi connectivity index (χ4v) is 3.25. The summed E-state index contributed by atoms with van der Waals surface area (Å²) in [5.41, 5.74) is 1.65. The first-order valence-corrected chi connectivity index (χ1v) is 9.97. The van der Waals surface area contributed by atoms with Crippen molar-refractivity contribution in [2.45, 2.75) is 37.3 Å². The van der Waals surface area contributed by atoms with E-state index in [1.54, 1.807) is 49.8 Å². The van der Waals surface area contributed by atoms with Gasteiger partial charge >= 0.3 is 5.97 Å². The average molecular weight is 426 g/mol. The molecule has 0 saturated heterocycles. The van der Waals surface area contributed by atoms with Crippen LogP contribution in [0.3, 0.4) is 0 Å². The Kier molecular flexibility index (Phi) is 8.28. The van der Waals surface area contributed by atoms with E-state index in [0.717, 1.165) is 16.9 Å². The van der Waals surface area contributed by atoms with E-state index in [0.29, 0.717) is 13.0 Å². The fraction of sp³-hybridized carbons (Fsp3) is 0.348. The Morgan fingerprint density at radius 2 is 1.84 bits per heavy atom. The first kappa shape index (κ1) is 22.6. The van der Waals surface area contributed by atoms with Gasteiger partial charge in [-0.05, 0) is 23.8 Å². The quantitative estimate of drug-likeness (QED) is 0.487. The molecule has 0 bridgehead atoms. The third kappa shape index (κ3) is 6.99. The van der Waals surface area contributed by atoms with Gasteiger partial charge in [-0.2, -0.15) is 0 Å². The summed E-state index contributed by atoms with van der Waals surface area (Å²) in [6.45, 7) is 0.306. The Bertz CT molecular complexity index is 885. The molecule has 0 aliphatic heterocycles. The second-order valence-corrected chi connectivity index (χ2v) is 7.14. The van der Waals surface area contributed by atoms with Gasteiger partial charge in [-0.25, -0.2) is 14.8 Å². The summed E-state index contributed by atoms with van der Waals surface area (Å²) in [7, 11) is 1.58. The van der Waals surface area contributed by atoms with Gasteiger partial charge in [-0.3, -0.25) is 0 Å². The third-order valence-corrected chi connectivity index (χ3v) is 4.89. The van der Waals surface area contributed by atoms with Crippen molar-refractivity contribution in [3.05, 3.63) is 66.3 Å². The molecule has 2 N–H and O–H groups in total. The number of nitrogens with zero attached hydrogens (tertiary/aromatic N) is 2. The molecule has 31 heavy (non-hydrogen) atoms. The second kappa shape index (κ2) is 11.4. The Labute approximate surface area is 180 Å². The van der Waals surface area contributed by atoms with Gasteiger partial charge in [0.05, 0.1) is 25.9 Å². The molecule has 4 atom stereocenters. The van der Waals surface area contributed by atoms with E-state index in [4.69, 9.17) is 14.2 Å². The van der Waals surface area contributed by atoms with E-state index in [-0.39, 0.29) is 12.5 Å². The number of ether oxygens (including phenoxy) is 3. The lowest BCUT2D eigenvalue weighted by Gasteiger charge is -2.35. The van der Waals surface area contributed by atoms with Crippen molar-refractivity contribution >= 4 is 18.1 Å². The standard InChI is InChI=1S/C23H26N2O6/c1-29-18-7-4-16(5-8-18)6-9-22(27)31-21-12-19(11-20(26)23(21)28)30-10-2-3-17-13-24-15-25-14-17/h2-9,13-15,19-21,23,26,28H,10-12H2,1H3/b3-2-,9-6+/t19-,20-,21+,23+/m0/s1. The van der Waals surface area contributed by atoms with Crippen LogP contribution in [0.25, 0.3) is 12.2 Å². The van der Waals surface area contributed by atoms with Crippen molar-refractivity contribution in [3.8, 4) is 5.75 Å². The highest BCUT2D eigenvalue weighted by Crippen LogP contribution is 2.25. The number of carbonyl (C=O) groups excluding carboxylic acids is 1. The summed E-state index contributed by atoms with van der Waals surface area (Å²) in [6, 6.07) is 7.18. The summed E-state index contributed by atoms with van der Waals surface area (Å²) in [6.07, 6.45) is 8.52. The molecule has 1 fully saturated rings. The lowest BCUT2D eigenvalue weighted by molar-refractivity contribution is -0.169. The van der Waals surface area contributed by atoms with E-state index in [2.05, 4.69) is 9.97 Å². The minimum Gasteiger partial charge on any atom is -0.497 e. The molecule has 0 spiro atoms. The first-order valence-electron chi connectivity index (χ1n) is 9.97. The van der Waals surface area contributed by atoms with Crippen LogP contribution in [0.15, 0.2) is 55.1 Å². The molecule has 2 aromatic rings. The molecule has 1 saturated carbocycles. The van der Waals surface area contributed by atoms with Gasteiger partial charge in [-0.1, -0.05) is 24.3 Å². The van der Waals surface area contributed by atoms with E-state index >= 15 is 0 Å². The number of carbonyl (C=O) groups is 1. The van der Waals surface area contributed by atoms with Gasteiger partial charge in [0.2, 0.25) is 0 Å². The number of aliphatic hydroxyl groups is 2. The van der Waals surface area contributed by atoms with Crippen LogP contribution >= 0.6 is 0 Å². The van der Waals surface area contributed by atoms with Crippen molar-refractivity contribution < 1.29 is 29.2 Å². The largest absolute Gasteiger partial charge is 0.497 e. The molecule has 0 unspecified atom stereocenters. The van der Waals surface area contributed by atoms with Crippen LogP contribution in [0.2, 0.25) is 0 Å². The molecule has 1 heterocycles. The van der Waals surface area contributed by atoms with Crippen LogP contribution in [0.1, 0.15) is 24.0 Å². The van der Waals surface area contributed by atoms with Crippen LogP contribution in [0, 0.1) is 0 Å². The van der Waals surface area contributed by atoms with Crippen LogP contribution in [-0.2, 0) is 14.3 Å². The van der Waals surface area contributed by atoms with E-state index in [1.165, 1.54) is 12.4 Å². The minimum absolute atomic E-state index is 0.263. The van der Waals surface area contributed by atoms with Gasteiger partial charge in [-0.15, -0.1) is 0 Å². The Morgan fingerprint density at radius 1 is 1.10 bits per heavy atom. The summed E-state index contributed by atoms with van der Waals surface area (Å²) in [5, 5.41) is 20.4. The average Bonchev–Trinajstić information content (AvgIpc) is 2.79. The molecule has 0 radical (unpaired) electrons. The SMILES string of the molecule is COc1ccc(/C=C/C(=O)O[C@@H]2C[C@@H](OC/C=C\c3cncnc3)C[C@H](O)[C@H]2O)cc1. The van der Waals surface area contributed by atoms with Crippen molar-refractivity contribution in [1.82, 2.24) is 9.97 Å². The number of rotatable bonds is 8. The van der Waals surface area contributed by atoms with Gasteiger partial charge in [0.1, 0.15) is 24.3 Å². The Balaban J connectivity index is 1.50. The maximum atomic E-state index is 12.2. The lowest BCUT2D eigenvalue weighted by atomic mass is 9.89. The smallest absolute Gasteiger partial charge is 0.331 e. The van der Waals surface area contributed by atoms with Crippen molar-refractivity contribution in [1.29, 1.82) is 0 Å². The van der Waals surface area contributed by atoms with Crippen molar-refractivity contribution in [2.24, 2.45) is 0 Å². The summed E-state index contributed by atoms with van der Waals surface area (Å²) < 4.78 is 16.2. The fourth-order valence-electron chi connectivity index (χ4n) is 3.25. The van der Waals surface area contributed by atoms with Crippen LogP contribution in [0.5, 0.6) is 5.75 Å². The molecule has 8 nitrogen and oxygen atoms in total. The van der Waals surface area contributed by atoms with Crippen LogP contribution < -0.4 is 4.74 Å². The minimum atomic E-state index is -1.16. The third-order valence-electron chi connectivity index (χ3n) is 4.89. The predicted octanol–water partition coefficient (Wildman–Crippen LogP) is 2.02. The first-order chi connectivity index (χ1) is 15.0. The zero-order valence-corrected chi connectivity index (χ0v) is 17.2. The maximum Gasteiger partial charge on any atom is 0.331 e. The highest BCUT2D eigenvalue weighted by Gasteiger charge is 2.38. The zero-order chi connectivity index (χ0) is 22.1. The zero-order valence-electron chi connectivity index (χ0n) is 17.2. The normalized spacial score (nSPS) is 23.8. The molecule has 0 amide bonds. The number of esters is 1. The van der Waals surface area contributed by atoms with Crippen molar-refractivity contribution in [2.75, 3.05) is 13.7 Å².